The Labute approximate surface area is 83.7 Å². The molecule has 1 nitrogen and oxygen atoms in total. The van der Waals surface area contributed by atoms with Crippen LogP contribution in [0, 0.1) is 5.92 Å². The predicted octanol–water partition coefficient (Wildman–Crippen LogP) is 3.05. The molecule has 0 bridgehead atoms. The maximum absolute atomic E-state index is 2.44. The Morgan fingerprint density at radius 3 is 2.38 bits per heavy atom. The van der Waals surface area contributed by atoms with Crippen molar-refractivity contribution in [2.75, 3.05) is 26.7 Å². The molecule has 1 saturated heterocycles. The molecule has 0 aromatic rings. The summed E-state index contributed by atoms with van der Waals surface area (Å²) in [4.78, 5) is 0. The van der Waals surface area contributed by atoms with Gasteiger partial charge in [0.1, 0.15) is 0 Å². The quantitative estimate of drug-likeness (QED) is 0.576. The molecule has 0 saturated carbocycles. The first kappa shape index (κ1) is 11.0. The number of likely N-dealkylation sites (tertiary alicyclic amines) is 1. The molecule has 1 rings (SSSR count). The molecule has 0 aromatic carbocycles. The Kier molecular flexibility index (Phi) is 4.24. The van der Waals surface area contributed by atoms with Crippen LogP contribution < -0.4 is 0 Å². The number of quaternary nitrogens is 1. The highest BCUT2D eigenvalue weighted by atomic mass is 15.3. The molecule has 0 radical (unpaired) electrons. The van der Waals surface area contributed by atoms with Crippen LogP contribution in [0.3, 0.4) is 0 Å². The zero-order chi connectivity index (χ0) is 9.73. The lowest BCUT2D eigenvalue weighted by Gasteiger charge is -2.32. The fourth-order valence-corrected chi connectivity index (χ4v) is 2.68. The largest absolute Gasteiger partial charge is 0.326 e. The molecule has 1 aliphatic rings. The first-order valence-electron chi connectivity index (χ1n) is 6.00. The van der Waals surface area contributed by atoms with Gasteiger partial charge in [0.15, 0.2) is 0 Å². The van der Waals surface area contributed by atoms with Crippen LogP contribution in [0.1, 0.15) is 46.0 Å². The van der Waals surface area contributed by atoms with Gasteiger partial charge in [0, 0.05) is 18.8 Å². The topological polar surface area (TPSA) is 0 Å². The van der Waals surface area contributed by atoms with E-state index in [1.807, 2.05) is 0 Å². The lowest BCUT2D eigenvalue weighted by atomic mass is 10.0. The summed E-state index contributed by atoms with van der Waals surface area (Å²) < 4.78 is 1.35. The van der Waals surface area contributed by atoms with Crippen LogP contribution in [0.25, 0.3) is 0 Å². The summed E-state index contributed by atoms with van der Waals surface area (Å²) >= 11 is 0. The standard InChI is InChI=1S/C12H26N/c1-4-5-8-12(2)11-13(3)9-6-7-10-13/h12H,4-11H2,1-3H3/q+1/t12-/m0/s1. The van der Waals surface area contributed by atoms with Gasteiger partial charge < -0.3 is 4.48 Å². The Balaban J connectivity index is 2.21. The molecule has 1 fully saturated rings. The molecule has 0 unspecified atom stereocenters. The van der Waals surface area contributed by atoms with E-state index in [1.165, 1.54) is 56.2 Å². The highest BCUT2D eigenvalue weighted by Crippen LogP contribution is 2.20. The molecular formula is C12H26N+. The first-order valence-corrected chi connectivity index (χ1v) is 6.00. The zero-order valence-electron chi connectivity index (χ0n) is 9.68. The van der Waals surface area contributed by atoms with Gasteiger partial charge in [0.2, 0.25) is 0 Å². The average molecular weight is 184 g/mol. The lowest BCUT2D eigenvalue weighted by molar-refractivity contribution is -0.900. The highest BCUT2D eigenvalue weighted by Gasteiger charge is 2.28. The predicted molar refractivity (Wildman–Crippen MR) is 58.7 cm³/mol. The number of hydrogen-bond acceptors (Lipinski definition) is 0. The molecule has 78 valence electrons. The van der Waals surface area contributed by atoms with Gasteiger partial charge in [-0.05, 0) is 6.42 Å². The Morgan fingerprint density at radius 2 is 1.85 bits per heavy atom. The van der Waals surface area contributed by atoms with Gasteiger partial charge in [-0.1, -0.05) is 26.7 Å². The van der Waals surface area contributed by atoms with E-state index in [0.717, 1.165) is 5.92 Å². The fraction of sp³-hybridized carbons (Fsp3) is 1.00. The van der Waals surface area contributed by atoms with Crippen molar-refractivity contribution in [2.24, 2.45) is 5.92 Å². The molecule has 0 aromatic heterocycles. The van der Waals surface area contributed by atoms with Crippen molar-refractivity contribution >= 4 is 0 Å². The van der Waals surface area contributed by atoms with Gasteiger partial charge in [-0.15, -0.1) is 0 Å². The van der Waals surface area contributed by atoms with Crippen molar-refractivity contribution in [1.82, 2.24) is 0 Å². The summed E-state index contributed by atoms with van der Waals surface area (Å²) in [6.45, 7) is 8.99. The SMILES string of the molecule is CCCC[C@H](C)C[N+]1(C)CCCC1. The molecule has 1 heteroatoms. The van der Waals surface area contributed by atoms with Crippen molar-refractivity contribution in [3.05, 3.63) is 0 Å². The minimum Gasteiger partial charge on any atom is -0.326 e. The van der Waals surface area contributed by atoms with Crippen molar-refractivity contribution in [3.8, 4) is 0 Å². The van der Waals surface area contributed by atoms with Crippen LogP contribution in [-0.4, -0.2) is 31.2 Å². The Hall–Kier alpha value is -0.0400. The van der Waals surface area contributed by atoms with Gasteiger partial charge in [-0.25, -0.2) is 0 Å². The number of rotatable bonds is 5. The fourth-order valence-electron chi connectivity index (χ4n) is 2.68. The number of unbranched alkanes of at least 4 members (excludes halogenated alkanes) is 1. The molecule has 0 aliphatic carbocycles. The van der Waals surface area contributed by atoms with E-state index in [4.69, 9.17) is 0 Å². The van der Waals surface area contributed by atoms with Crippen molar-refractivity contribution < 1.29 is 4.48 Å². The third-order valence-corrected chi connectivity index (χ3v) is 3.45. The Morgan fingerprint density at radius 1 is 1.23 bits per heavy atom. The van der Waals surface area contributed by atoms with E-state index in [0.29, 0.717) is 0 Å². The minimum absolute atomic E-state index is 0.933. The Bertz CT molecular complexity index is 136. The third kappa shape index (κ3) is 3.68. The van der Waals surface area contributed by atoms with Gasteiger partial charge in [-0.2, -0.15) is 0 Å². The van der Waals surface area contributed by atoms with E-state index in [2.05, 4.69) is 20.9 Å². The molecule has 1 heterocycles. The van der Waals surface area contributed by atoms with E-state index in [-0.39, 0.29) is 0 Å². The molecule has 13 heavy (non-hydrogen) atoms. The second-order valence-corrected chi connectivity index (χ2v) is 5.20. The summed E-state index contributed by atoms with van der Waals surface area (Å²) in [7, 11) is 2.44. The summed E-state index contributed by atoms with van der Waals surface area (Å²) in [5, 5.41) is 0. The normalized spacial score (nSPS) is 23.3. The van der Waals surface area contributed by atoms with Crippen molar-refractivity contribution in [2.45, 2.75) is 46.0 Å². The number of hydrogen-bond donors (Lipinski definition) is 0. The second kappa shape index (κ2) is 4.99. The van der Waals surface area contributed by atoms with Gasteiger partial charge in [-0.3, -0.25) is 0 Å². The molecule has 1 aliphatic heterocycles. The van der Waals surface area contributed by atoms with Crippen molar-refractivity contribution in [3.63, 3.8) is 0 Å². The third-order valence-electron chi connectivity index (χ3n) is 3.45. The van der Waals surface area contributed by atoms with Gasteiger partial charge >= 0.3 is 0 Å². The molecule has 0 spiro atoms. The van der Waals surface area contributed by atoms with E-state index < -0.39 is 0 Å². The lowest BCUT2D eigenvalue weighted by Crippen LogP contribution is -2.44. The van der Waals surface area contributed by atoms with E-state index >= 15 is 0 Å². The van der Waals surface area contributed by atoms with Crippen LogP contribution in [-0.2, 0) is 0 Å². The maximum Gasteiger partial charge on any atom is 0.0810 e. The van der Waals surface area contributed by atoms with Crippen LogP contribution in [0.5, 0.6) is 0 Å². The second-order valence-electron chi connectivity index (χ2n) is 5.20. The molecule has 1 atom stereocenters. The maximum atomic E-state index is 2.44. The van der Waals surface area contributed by atoms with E-state index in [1.54, 1.807) is 0 Å². The zero-order valence-corrected chi connectivity index (χ0v) is 9.68. The van der Waals surface area contributed by atoms with Crippen LogP contribution in [0.2, 0.25) is 0 Å². The van der Waals surface area contributed by atoms with Gasteiger partial charge in [0.05, 0.1) is 26.7 Å². The van der Waals surface area contributed by atoms with E-state index in [9.17, 15) is 0 Å². The summed E-state index contributed by atoms with van der Waals surface area (Å²) in [5.41, 5.74) is 0. The molecular weight excluding hydrogens is 158 g/mol. The minimum atomic E-state index is 0.933. The van der Waals surface area contributed by atoms with Crippen molar-refractivity contribution in [1.29, 1.82) is 0 Å². The summed E-state index contributed by atoms with van der Waals surface area (Å²) in [6, 6.07) is 0. The first-order chi connectivity index (χ1) is 6.16. The highest BCUT2D eigenvalue weighted by molar-refractivity contribution is 4.57. The summed E-state index contributed by atoms with van der Waals surface area (Å²) in [6.07, 6.45) is 7.12. The van der Waals surface area contributed by atoms with Gasteiger partial charge in [0.25, 0.3) is 0 Å². The average Bonchev–Trinajstić information content (AvgIpc) is 2.48. The monoisotopic (exact) mass is 184 g/mol. The molecule has 0 amide bonds. The van der Waals surface area contributed by atoms with Crippen LogP contribution in [0.15, 0.2) is 0 Å². The smallest absolute Gasteiger partial charge is 0.0810 e. The van der Waals surface area contributed by atoms with Crippen LogP contribution >= 0.6 is 0 Å². The number of nitrogens with zero attached hydrogens (tertiary/aromatic N) is 1. The summed E-state index contributed by atoms with van der Waals surface area (Å²) in [5.74, 6) is 0.933. The molecule has 0 N–H and O–H groups in total. The van der Waals surface area contributed by atoms with Crippen LogP contribution in [0.4, 0.5) is 0 Å².